The molecule has 2 saturated carbocycles. The molecule has 0 aromatic heterocycles. The lowest BCUT2D eigenvalue weighted by Gasteiger charge is -2.24. The maximum atomic E-state index is 12.1. The van der Waals surface area contributed by atoms with Gasteiger partial charge in [-0.25, -0.2) is 0 Å². The van der Waals surface area contributed by atoms with Crippen molar-refractivity contribution in [3.63, 3.8) is 0 Å². The highest BCUT2D eigenvalue weighted by Gasteiger charge is 2.73. The Morgan fingerprint density at radius 1 is 1.21 bits per heavy atom. The second-order valence-electron chi connectivity index (χ2n) is 6.74. The van der Waals surface area contributed by atoms with Gasteiger partial charge in [0.15, 0.2) is 0 Å². The molecule has 2 aliphatic rings. The molecule has 1 aromatic carbocycles. The maximum Gasteiger partial charge on any atom is 0.324 e. The molecule has 0 bridgehead atoms. The summed E-state index contributed by atoms with van der Waals surface area (Å²) < 4.78 is 0. The third-order valence-electron chi connectivity index (χ3n) is 5.28. The lowest BCUT2D eigenvalue weighted by Crippen LogP contribution is -2.50. The molecule has 0 heterocycles. The van der Waals surface area contributed by atoms with Gasteiger partial charge in [-0.15, -0.1) is 0 Å². The van der Waals surface area contributed by atoms with Crippen LogP contribution in [0.4, 0.5) is 0 Å². The number of rotatable bonds is 6. The van der Waals surface area contributed by atoms with Crippen molar-refractivity contribution in [2.75, 3.05) is 0 Å². The third kappa shape index (κ3) is 2.75. The number of nitrogens with one attached hydrogen (secondary N) is 1. The first-order valence-electron chi connectivity index (χ1n) is 7.90. The van der Waals surface area contributed by atoms with Gasteiger partial charge in [-0.2, -0.15) is 0 Å². The van der Waals surface area contributed by atoms with Gasteiger partial charge in [-0.05, 0) is 23.8 Å². The van der Waals surface area contributed by atoms with E-state index in [4.69, 9.17) is 5.73 Å². The summed E-state index contributed by atoms with van der Waals surface area (Å²) in [6.45, 7) is 0.384. The molecule has 3 rings (SSSR count). The standard InChI is InChI=1S/C17H20N2O5/c18-17(16(23)24)7-10(12-13(14(12)17)15(21)22)6-11(20)19-8-9-4-2-1-3-5-9/h1-5,10,12-14H,6-8,18H2,(H,19,20)(H,21,22)(H,23,24)/t10-,12-,13-,14-,17-/m0/s1. The number of benzene rings is 1. The van der Waals surface area contributed by atoms with E-state index in [2.05, 4.69) is 5.32 Å². The number of hydrogen-bond donors (Lipinski definition) is 4. The predicted octanol–water partition coefficient (Wildman–Crippen LogP) is 0.442. The summed E-state index contributed by atoms with van der Waals surface area (Å²) in [7, 11) is 0. The molecule has 0 spiro atoms. The Labute approximate surface area is 138 Å². The van der Waals surface area contributed by atoms with Crippen molar-refractivity contribution in [1.29, 1.82) is 0 Å². The Morgan fingerprint density at radius 2 is 1.88 bits per heavy atom. The quantitative estimate of drug-likeness (QED) is 0.598. The van der Waals surface area contributed by atoms with Crippen LogP contribution >= 0.6 is 0 Å². The first-order valence-corrected chi connectivity index (χ1v) is 7.90. The minimum Gasteiger partial charge on any atom is -0.481 e. The van der Waals surface area contributed by atoms with Crippen molar-refractivity contribution in [2.45, 2.75) is 24.9 Å². The summed E-state index contributed by atoms with van der Waals surface area (Å²) in [5.74, 6) is -4.41. The van der Waals surface area contributed by atoms with Gasteiger partial charge in [0.25, 0.3) is 0 Å². The topological polar surface area (TPSA) is 130 Å². The van der Waals surface area contributed by atoms with E-state index in [9.17, 15) is 24.6 Å². The third-order valence-corrected chi connectivity index (χ3v) is 5.28. The van der Waals surface area contributed by atoms with Gasteiger partial charge < -0.3 is 21.3 Å². The highest BCUT2D eigenvalue weighted by Crippen LogP contribution is 2.65. The number of fused-ring (bicyclic) bond motifs is 1. The van der Waals surface area contributed by atoms with E-state index in [0.717, 1.165) is 5.56 Å². The van der Waals surface area contributed by atoms with Crippen LogP contribution in [-0.4, -0.2) is 33.6 Å². The van der Waals surface area contributed by atoms with Gasteiger partial charge >= 0.3 is 11.9 Å². The van der Waals surface area contributed by atoms with E-state index in [0.29, 0.717) is 6.54 Å². The van der Waals surface area contributed by atoms with Gasteiger partial charge in [0.1, 0.15) is 5.54 Å². The zero-order valence-electron chi connectivity index (χ0n) is 13.0. The molecule has 5 atom stereocenters. The van der Waals surface area contributed by atoms with Gasteiger partial charge in [0, 0.05) is 18.9 Å². The zero-order valence-corrected chi connectivity index (χ0v) is 13.0. The first kappa shape index (κ1) is 16.4. The summed E-state index contributed by atoms with van der Waals surface area (Å²) >= 11 is 0. The Balaban J connectivity index is 1.62. The van der Waals surface area contributed by atoms with Gasteiger partial charge in [0.05, 0.1) is 5.92 Å². The van der Waals surface area contributed by atoms with Crippen LogP contribution in [0.5, 0.6) is 0 Å². The van der Waals surface area contributed by atoms with Gasteiger partial charge in [-0.1, -0.05) is 30.3 Å². The number of carboxylic acid groups (broad SMARTS) is 2. The van der Waals surface area contributed by atoms with Gasteiger partial charge in [0.2, 0.25) is 5.91 Å². The normalized spacial score (nSPS) is 33.5. The van der Waals surface area contributed by atoms with E-state index < -0.39 is 29.3 Å². The molecule has 2 fully saturated rings. The maximum absolute atomic E-state index is 12.1. The fraction of sp³-hybridized carbons (Fsp3) is 0.471. The smallest absolute Gasteiger partial charge is 0.324 e. The predicted molar refractivity (Wildman–Crippen MR) is 83.7 cm³/mol. The molecular weight excluding hydrogens is 312 g/mol. The molecule has 5 N–H and O–H groups in total. The van der Waals surface area contributed by atoms with Crippen LogP contribution < -0.4 is 11.1 Å². The number of carboxylic acids is 2. The van der Waals surface area contributed by atoms with E-state index >= 15 is 0 Å². The molecular formula is C17H20N2O5. The fourth-order valence-electron chi connectivity index (χ4n) is 4.15. The molecule has 0 unspecified atom stereocenters. The van der Waals surface area contributed by atoms with Crippen molar-refractivity contribution >= 4 is 17.8 Å². The lowest BCUT2D eigenvalue weighted by atomic mass is 9.86. The van der Waals surface area contributed by atoms with Crippen LogP contribution in [0, 0.1) is 23.7 Å². The molecule has 0 aliphatic heterocycles. The molecule has 7 heteroatoms. The average Bonchev–Trinajstić information content (AvgIpc) is 3.23. The van der Waals surface area contributed by atoms with Crippen LogP contribution in [0.1, 0.15) is 18.4 Å². The summed E-state index contributed by atoms with van der Waals surface area (Å²) in [5, 5.41) is 21.4. The van der Waals surface area contributed by atoms with Crippen molar-refractivity contribution in [3.8, 4) is 0 Å². The zero-order chi connectivity index (χ0) is 17.5. The Morgan fingerprint density at radius 3 is 2.46 bits per heavy atom. The van der Waals surface area contributed by atoms with Crippen molar-refractivity contribution in [2.24, 2.45) is 29.4 Å². The Kier molecular flexibility index (Phi) is 4.04. The summed E-state index contributed by atoms with van der Waals surface area (Å²) in [6.07, 6.45) is 0.240. The monoisotopic (exact) mass is 332 g/mol. The number of aliphatic carboxylic acids is 2. The van der Waals surface area contributed by atoms with Crippen LogP contribution in [0.3, 0.4) is 0 Å². The minimum atomic E-state index is -1.54. The molecule has 1 aromatic rings. The number of carbonyl (C=O) groups is 3. The first-order chi connectivity index (χ1) is 11.3. The Hall–Kier alpha value is -2.41. The van der Waals surface area contributed by atoms with Crippen LogP contribution in [-0.2, 0) is 20.9 Å². The van der Waals surface area contributed by atoms with E-state index in [1.54, 1.807) is 0 Å². The van der Waals surface area contributed by atoms with Crippen LogP contribution in [0.25, 0.3) is 0 Å². The van der Waals surface area contributed by atoms with E-state index in [1.807, 2.05) is 30.3 Å². The van der Waals surface area contributed by atoms with Crippen LogP contribution in [0.15, 0.2) is 30.3 Å². The van der Waals surface area contributed by atoms with E-state index in [-0.39, 0.29) is 30.6 Å². The summed E-state index contributed by atoms with van der Waals surface area (Å²) in [5.41, 5.74) is 5.37. The minimum absolute atomic E-state index is 0.101. The molecule has 1 amide bonds. The number of carbonyl (C=O) groups excluding carboxylic acids is 1. The van der Waals surface area contributed by atoms with Crippen LogP contribution in [0.2, 0.25) is 0 Å². The van der Waals surface area contributed by atoms with Crippen molar-refractivity contribution in [1.82, 2.24) is 5.32 Å². The van der Waals surface area contributed by atoms with E-state index in [1.165, 1.54) is 0 Å². The largest absolute Gasteiger partial charge is 0.481 e. The number of hydrogen-bond acceptors (Lipinski definition) is 4. The second-order valence-corrected chi connectivity index (χ2v) is 6.74. The van der Waals surface area contributed by atoms with Crippen molar-refractivity contribution < 1.29 is 24.6 Å². The molecule has 0 saturated heterocycles. The van der Waals surface area contributed by atoms with Gasteiger partial charge in [-0.3, -0.25) is 14.4 Å². The molecule has 2 aliphatic carbocycles. The summed E-state index contributed by atoms with van der Waals surface area (Å²) in [4.78, 5) is 34.9. The highest BCUT2D eigenvalue weighted by atomic mass is 16.4. The SMILES string of the molecule is N[C@@]1(C(=O)O)C[C@H](CC(=O)NCc2ccccc2)[C@H]2[C@H](C(=O)O)[C@H]21. The highest BCUT2D eigenvalue weighted by molar-refractivity contribution is 5.86. The van der Waals surface area contributed by atoms with Crippen molar-refractivity contribution in [3.05, 3.63) is 35.9 Å². The number of amides is 1. The molecule has 128 valence electrons. The second kappa shape index (κ2) is 5.90. The Bertz CT molecular complexity index is 677. The lowest BCUT2D eigenvalue weighted by molar-refractivity contribution is -0.146. The summed E-state index contributed by atoms with van der Waals surface area (Å²) in [6, 6.07) is 9.42. The fourth-order valence-corrected chi connectivity index (χ4v) is 4.15. The molecule has 24 heavy (non-hydrogen) atoms. The number of nitrogens with two attached hydrogens (primary N) is 1. The molecule has 0 radical (unpaired) electrons. The average molecular weight is 332 g/mol. The molecule has 7 nitrogen and oxygen atoms in total.